The minimum atomic E-state index is -0.409. The summed E-state index contributed by atoms with van der Waals surface area (Å²) in [5.41, 5.74) is 3.86. The van der Waals surface area contributed by atoms with E-state index in [1.165, 1.54) is 37.8 Å². The number of phenols is 1. The molecule has 1 N–H and O–H groups in total. The number of aromatic hydroxyl groups is 1. The first-order valence-electron chi connectivity index (χ1n) is 12.8. The number of ether oxygens (including phenoxy) is 2. The zero-order valence-corrected chi connectivity index (χ0v) is 20.3. The maximum atomic E-state index is 14.1. The van der Waals surface area contributed by atoms with Crippen LogP contribution in [0.3, 0.4) is 0 Å². The molecule has 1 saturated heterocycles. The minimum Gasteiger partial charge on any atom is -0.508 e. The number of rotatable bonds is 5. The predicted molar refractivity (Wildman–Crippen MR) is 140 cm³/mol. The molecule has 2 aliphatic heterocycles. The zero-order valence-electron chi connectivity index (χ0n) is 20.3. The standard InChI is InChI=1S/C31H30FNO3/c32-23-8-13-27-28-12-7-22-19-24(34)9-14-26(22)30(28)31(36-29(27)20-23)21-5-10-25(11-6-21)35-18-17-33-15-3-1-2-4-16-33/h5-14,19-20,31,34H,1-4,15-18H2. The summed E-state index contributed by atoms with van der Waals surface area (Å²) in [7, 11) is 0. The van der Waals surface area contributed by atoms with Crippen LogP contribution in [0.5, 0.6) is 17.2 Å². The van der Waals surface area contributed by atoms with Gasteiger partial charge in [0.1, 0.15) is 29.7 Å². The van der Waals surface area contributed by atoms with E-state index < -0.39 is 6.10 Å². The highest BCUT2D eigenvalue weighted by molar-refractivity contribution is 5.95. The lowest BCUT2D eigenvalue weighted by Crippen LogP contribution is -2.29. The fourth-order valence-corrected chi connectivity index (χ4v) is 5.49. The Labute approximate surface area is 210 Å². The van der Waals surface area contributed by atoms with Gasteiger partial charge < -0.3 is 14.6 Å². The first kappa shape index (κ1) is 22.9. The van der Waals surface area contributed by atoms with Crippen LogP contribution >= 0.6 is 0 Å². The molecule has 4 aromatic carbocycles. The van der Waals surface area contributed by atoms with Gasteiger partial charge in [-0.3, -0.25) is 4.90 Å². The number of hydrogen-bond acceptors (Lipinski definition) is 4. The molecule has 184 valence electrons. The molecule has 4 aromatic rings. The van der Waals surface area contributed by atoms with Crippen molar-refractivity contribution < 1.29 is 19.0 Å². The number of nitrogens with zero attached hydrogens (tertiary/aromatic N) is 1. The maximum absolute atomic E-state index is 14.1. The first-order chi connectivity index (χ1) is 17.7. The van der Waals surface area contributed by atoms with Gasteiger partial charge in [0.05, 0.1) is 0 Å². The second-order valence-corrected chi connectivity index (χ2v) is 9.74. The maximum Gasteiger partial charge on any atom is 0.150 e. The molecule has 0 aliphatic carbocycles. The molecule has 2 heterocycles. The van der Waals surface area contributed by atoms with Crippen molar-refractivity contribution in [3.8, 4) is 28.4 Å². The molecule has 1 atom stereocenters. The van der Waals surface area contributed by atoms with Gasteiger partial charge in [0, 0.05) is 23.7 Å². The van der Waals surface area contributed by atoms with Crippen LogP contribution in [0.25, 0.3) is 21.9 Å². The Bertz CT molecular complexity index is 1380. The summed E-state index contributed by atoms with van der Waals surface area (Å²) in [6.45, 7) is 3.94. The number of hydrogen-bond donors (Lipinski definition) is 1. The van der Waals surface area contributed by atoms with Crippen LogP contribution in [-0.2, 0) is 0 Å². The van der Waals surface area contributed by atoms with Crippen molar-refractivity contribution in [2.75, 3.05) is 26.2 Å². The van der Waals surface area contributed by atoms with Gasteiger partial charge in [-0.05, 0) is 84.2 Å². The predicted octanol–water partition coefficient (Wildman–Crippen LogP) is 7.09. The summed E-state index contributed by atoms with van der Waals surface area (Å²) in [5.74, 6) is 1.26. The van der Waals surface area contributed by atoms with Crippen molar-refractivity contribution in [2.45, 2.75) is 31.8 Å². The molecule has 0 spiro atoms. The van der Waals surface area contributed by atoms with Crippen LogP contribution in [0, 0.1) is 5.82 Å². The van der Waals surface area contributed by atoms with Crippen molar-refractivity contribution in [2.24, 2.45) is 0 Å². The molecule has 5 heteroatoms. The summed E-state index contributed by atoms with van der Waals surface area (Å²) >= 11 is 0. The molecule has 0 radical (unpaired) electrons. The summed E-state index contributed by atoms with van der Waals surface area (Å²) in [5, 5.41) is 11.9. The average molecular weight is 484 g/mol. The highest BCUT2D eigenvalue weighted by Crippen LogP contribution is 2.48. The molecule has 4 nitrogen and oxygen atoms in total. The Morgan fingerprint density at radius 1 is 0.861 bits per heavy atom. The van der Waals surface area contributed by atoms with Crippen molar-refractivity contribution in [3.63, 3.8) is 0 Å². The largest absolute Gasteiger partial charge is 0.508 e. The van der Waals surface area contributed by atoms with Crippen molar-refractivity contribution in [3.05, 3.63) is 89.7 Å². The molecule has 0 bridgehead atoms. The van der Waals surface area contributed by atoms with E-state index in [4.69, 9.17) is 9.47 Å². The van der Waals surface area contributed by atoms with Gasteiger partial charge >= 0.3 is 0 Å². The highest BCUT2D eigenvalue weighted by atomic mass is 19.1. The number of fused-ring (bicyclic) bond motifs is 5. The van der Waals surface area contributed by atoms with E-state index in [1.54, 1.807) is 18.2 Å². The molecular weight excluding hydrogens is 453 g/mol. The van der Waals surface area contributed by atoms with E-state index in [2.05, 4.69) is 4.90 Å². The molecule has 0 saturated carbocycles. The van der Waals surface area contributed by atoms with Crippen LogP contribution in [-0.4, -0.2) is 36.2 Å². The van der Waals surface area contributed by atoms with Crippen molar-refractivity contribution in [1.29, 1.82) is 0 Å². The number of likely N-dealkylation sites (tertiary alicyclic amines) is 1. The number of halogens is 1. The first-order valence-corrected chi connectivity index (χ1v) is 12.8. The van der Waals surface area contributed by atoms with Crippen molar-refractivity contribution in [1.82, 2.24) is 4.90 Å². The molecule has 0 aromatic heterocycles. The van der Waals surface area contributed by atoms with Crippen molar-refractivity contribution >= 4 is 10.8 Å². The zero-order chi connectivity index (χ0) is 24.5. The molecule has 6 rings (SSSR count). The Hall–Kier alpha value is -3.57. The van der Waals surface area contributed by atoms with Gasteiger partial charge in [-0.1, -0.05) is 43.2 Å². The van der Waals surface area contributed by atoms with Gasteiger partial charge in [-0.15, -0.1) is 0 Å². The van der Waals surface area contributed by atoms with E-state index in [0.29, 0.717) is 12.4 Å². The van der Waals surface area contributed by atoms with Crippen LogP contribution in [0.1, 0.15) is 42.9 Å². The summed E-state index contributed by atoms with van der Waals surface area (Å²) in [4.78, 5) is 2.49. The molecule has 0 amide bonds. The van der Waals surface area contributed by atoms with Gasteiger partial charge in [0.25, 0.3) is 0 Å². The van der Waals surface area contributed by atoms with E-state index in [1.807, 2.05) is 42.5 Å². The lowest BCUT2D eigenvalue weighted by atomic mass is 9.86. The van der Waals surface area contributed by atoms with E-state index in [0.717, 1.165) is 58.4 Å². The Balaban J connectivity index is 1.29. The number of benzene rings is 4. The summed E-state index contributed by atoms with van der Waals surface area (Å²) in [6.07, 6.45) is 4.81. The third-order valence-corrected chi connectivity index (χ3v) is 7.34. The molecule has 1 fully saturated rings. The molecule has 1 unspecified atom stereocenters. The molecule has 36 heavy (non-hydrogen) atoms. The second kappa shape index (κ2) is 9.82. The lowest BCUT2D eigenvalue weighted by Gasteiger charge is -2.30. The number of phenolic OH excluding ortho intramolecular Hbond substituents is 1. The average Bonchev–Trinajstić information content (AvgIpc) is 3.17. The quantitative estimate of drug-likeness (QED) is 0.329. The molecule has 2 aliphatic rings. The van der Waals surface area contributed by atoms with Crippen LogP contribution in [0.15, 0.2) is 72.8 Å². The Morgan fingerprint density at radius 2 is 1.64 bits per heavy atom. The Kier molecular flexibility index (Phi) is 6.24. The van der Waals surface area contributed by atoms with Gasteiger partial charge in [0.15, 0.2) is 6.10 Å². The third kappa shape index (κ3) is 4.51. The fourth-order valence-electron chi connectivity index (χ4n) is 5.49. The lowest BCUT2D eigenvalue weighted by molar-refractivity contribution is 0.213. The third-order valence-electron chi connectivity index (χ3n) is 7.34. The topological polar surface area (TPSA) is 41.9 Å². The SMILES string of the molecule is Oc1ccc2c3c(ccc2c1)-c1ccc(F)cc1OC3c1ccc(OCCN2CCCCCC2)cc1. The smallest absolute Gasteiger partial charge is 0.150 e. The van der Waals surface area contributed by atoms with E-state index >= 15 is 0 Å². The van der Waals surface area contributed by atoms with Gasteiger partial charge in [0.2, 0.25) is 0 Å². The fraction of sp³-hybridized carbons (Fsp3) is 0.290. The van der Waals surface area contributed by atoms with Crippen LogP contribution < -0.4 is 9.47 Å². The van der Waals surface area contributed by atoms with E-state index in [-0.39, 0.29) is 11.6 Å². The van der Waals surface area contributed by atoms with Gasteiger partial charge in [-0.2, -0.15) is 0 Å². The second-order valence-electron chi connectivity index (χ2n) is 9.74. The molecular formula is C31H30FNO3. The van der Waals surface area contributed by atoms with Crippen LogP contribution in [0.2, 0.25) is 0 Å². The Morgan fingerprint density at radius 3 is 2.44 bits per heavy atom. The normalized spacial score (nSPS) is 17.6. The summed E-state index contributed by atoms with van der Waals surface area (Å²) in [6, 6.07) is 22.1. The van der Waals surface area contributed by atoms with Gasteiger partial charge in [-0.25, -0.2) is 4.39 Å². The van der Waals surface area contributed by atoms with E-state index in [9.17, 15) is 9.50 Å². The minimum absolute atomic E-state index is 0.222. The highest BCUT2D eigenvalue weighted by Gasteiger charge is 2.29. The summed E-state index contributed by atoms with van der Waals surface area (Å²) < 4.78 is 26.6. The van der Waals surface area contributed by atoms with Crippen LogP contribution in [0.4, 0.5) is 4.39 Å². The monoisotopic (exact) mass is 483 g/mol.